The molecule has 0 aliphatic heterocycles. The highest BCUT2D eigenvalue weighted by Gasteiger charge is 2.40. The molecule has 4 rings (SSSR count). The van der Waals surface area contributed by atoms with E-state index in [0.717, 1.165) is 17.0 Å². The van der Waals surface area contributed by atoms with Gasteiger partial charge in [0.1, 0.15) is 11.7 Å². The molecule has 1 saturated carbocycles. The van der Waals surface area contributed by atoms with E-state index in [0.29, 0.717) is 5.69 Å². The standard InChI is InChI=1S/C24H28F2N6O2/c1-15-21(31(2)14-27-15)17-4-6-18(7-5-17)29-23(34)20(16-8-11-24(25,26)12-9-16)30-22(33)19-10-13-28-32(19)3/h4-7,10,13-14,16,20H,8-9,11-12H2,1-3H3,(H,29,34)(H,30,33). The largest absolute Gasteiger partial charge is 0.339 e. The zero-order chi connectivity index (χ0) is 24.5. The molecule has 0 radical (unpaired) electrons. The molecule has 0 bridgehead atoms. The highest BCUT2D eigenvalue weighted by atomic mass is 19.3. The molecule has 0 saturated heterocycles. The zero-order valence-electron chi connectivity index (χ0n) is 19.4. The molecule has 2 aromatic heterocycles. The van der Waals surface area contributed by atoms with Gasteiger partial charge >= 0.3 is 0 Å². The highest BCUT2D eigenvalue weighted by Crippen LogP contribution is 2.37. The molecular weight excluding hydrogens is 442 g/mol. The number of carbonyl (C=O) groups excluding carboxylic acids is 2. The van der Waals surface area contributed by atoms with E-state index in [4.69, 9.17) is 0 Å². The Kier molecular flexibility index (Phi) is 6.49. The van der Waals surface area contributed by atoms with Gasteiger partial charge in [-0.25, -0.2) is 13.8 Å². The van der Waals surface area contributed by atoms with Crippen LogP contribution in [0.15, 0.2) is 42.9 Å². The first kappa shape index (κ1) is 23.6. The van der Waals surface area contributed by atoms with Crippen LogP contribution in [-0.2, 0) is 18.9 Å². The minimum atomic E-state index is -2.73. The quantitative estimate of drug-likeness (QED) is 0.575. The second-order valence-corrected chi connectivity index (χ2v) is 8.84. The molecule has 2 N–H and O–H groups in total. The number of imidazole rings is 1. The van der Waals surface area contributed by atoms with Gasteiger partial charge in [-0.2, -0.15) is 5.10 Å². The van der Waals surface area contributed by atoms with Gasteiger partial charge in [0.05, 0.1) is 17.7 Å². The lowest BCUT2D eigenvalue weighted by molar-refractivity contribution is -0.121. The fourth-order valence-electron chi connectivity index (χ4n) is 4.50. The van der Waals surface area contributed by atoms with Gasteiger partial charge < -0.3 is 15.2 Å². The van der Waals surface area contributed by atoms with E-state index in [1.165, 1.54) is 10.9 Å². The maximum Gasteiger partial charge on any atom is 0.270 e. The Labute approximate surface area is 196 Å². The van der Waals surface area contributed by atoms with Crippen LogP contribution in [0.1, 0.15) is 41.9 Å². The van der Waals surface area contributed by atoms with E-state index in [1.807, 2.05) is 30.7 Å². The van der Waals surface area contributed by atoms with Gasteiger partial charge in [0.25, 0.3) is 5.91 Å². The summed E-state index contributed by atoms with van der Waals surface area (Å²) in [7, 11) is 3.53. The molecule has 2 amide bonds. The Morgan fingerprint density at radius 2 is 1.79 bits per heavy atom. The van der Waals surface area contributed by atoms with E-state index in [2.05, 4.69) is 20.7 Å². The molecular formula is C24H28F2N6O2. The van der Waals surface area contributed by atoms with Crippen molar-refractivity contribution in [3.63, 3.8) is 0 Å². The van der Waals surface area contributed by atoms with Gasteiger partial charge in [-0.3, -0.25) is 14.3 Å². The van der Waals surface area contributed by atoms with Gasteiger partial charge in [-0.15, -0.1) is 0 Å². The molecule has 1 aliphatic rings. The lowest BCUT2D eigenvalue weighted by Crippen LogP contribution is -2.50. The number of nitrogens with zero attached hydrogens (tertiary/aromatic N) is 4. The molecule has 10 heteroatoms. The summed E-state index contributed by atoms with van der Waals surface area (Å²) in [5.41, 5.74) is 3.66. The van der Waals surface area contributed by atoms with E-state index in [9.17, 15) is 18.4 Å². The van der Waals surface area contributed by atoms with Crippen molar-refractivity contribution in [1.82, 2.24) is 24.6 Å². The van der Waals surface area contributed by atoms with E-state index in [1.54, 1.807) is 31.6 Å². The molecule has 34 heavy (non-hydrogen) atoms. The minimum Gasteiger partial charge on any atom is -0.339 e. The van der Waals surface area contributed by atoms with Crippen molar-refractivity contribution in [2.45, 2.75) is 44.6 Å². The van der Waals surface area contributed by atoms with Crippen LogP contribution < -0.4 is 10.6 Å². The highest BCUT2D eigenvalue weighted by molar-refractivity contribution is 6.00. The van der Waals surface area contributed by atoms with Gasteiger partial charge in [0.15, 0.2) is 0 Å². The second kappa shape index (κ2) is 9.36. The average Bonchev–Trinajstić information content (AvgIpc) is 3.37. The van der Waals surface area contributed by atoms with Crippen LogP contribution in [0.4, 0.5) is 14.5 Å². The average molecular weight is 471 g/mol. The predicted octanol–water partition coefficient (Wildman–Crippen LogP) is 3.69. The third-order valence-corrected chi connectivity index (χ3v) is 6.40. The molecule has 2 heterocycles. The molecule has 1 fully saturated rings. The van der Waals surface area contributed by atoms with Crippen LogP contribution >= 0.6 is 0 Å². The van der Waals surface area contributed by atoms with Crippen molar-refractivity contribution >= 4 is 17.5 Å². The lowest BCUT2D eigenvalue weighted by Gasteiger charge is -2.33. The number of nitrogens with one attached hydrogen (secondary N) is 2. The Bertz CT molecular complexity index is 1160. The number of rotatable bonds is 6. The summed E-state index contributed by atoms with van der Waals surface area (Å²) in [5.74, 6) is -4.04. The van der Waals surface area contributed by atoms with Crippen molar-refractivity contribution in [2.75, 3.05) is 5.32 Å². The monoisotopic (exact) mass is 470 g/mol. The lowest BCUT2D eigenvalue weighted by atomic mass is 9.81. The van der Waals surface area contributed by atoms with Crippen molar-refractivity contribution in [3.8, 4) is 11.3 Å². The molecule has 1 aliphatic carbocycles. The van der Waals surface area contributed by atoms with E-state index in [-0.39, 0.29) is 31.4 Å². The van der Waals surface area contributed by atoms with E-state index < -0.39 is 29.7 Å². The molecule has 1 unspecified atom stereocenters. The summed E-state index contributed by atoms with van der Waals surface area (Å²) in [6, 6.07) is 7.90. The SMILES string of the molecule is Cc1ncn(C)c1-c1ccc(NC(=O)C(NC(=O)c2ccnn2C)C2CCC(F)(F)CC2)cc1. The van der Waals surface area contributed by atoms with Crippen LogP contribution in [0.25, 0.3) is 11.3 Å². The fraction of sp³-hybridized carbons (Fsp3) is 0.417. The first-order valence-corrected chi connectivity index (χ1v) is 11.2. The first-order valence-electron chi connectivity index (χ1n) is 11.2. The minimum absolute atomic E-state index is 0.148. The number of hydrogen-bond acceptors (Lipinski definition) is 4. The molecule has 8 nitrogen and oxygen atoms in total. The molecule has 3 aromatic rings. The van der Waals surface area contributed by atoms with Crippen LogP contribution in [0.3, 0.4) is 0 Å². The summed E-state index contributed by atoms with van der Waals surface area (Å²) in [5, 5.41) is 9.58. The van der Waals surface area contributed by atoms with E-state index >= 15 is 0 Å². The number of carbonyl (C=O) groups is 2. The molecule has 1 aromatic carbocycles. The zero-order valence-corrected chi connectivity index (χ0v) is 19.4. The summed E-state index contributed by atoms with van der Waals surface area (Å²) < 4.78 is 30.8. The number of alkyl halides is 2. The normalized spacial score (nSPS) is 16.7. The smallest absolute Gasteiger partial charge is 0.270 e. The predicted molar refractivity (Wildman–Crippen MR) is 123 cm³/mol. The number of hydrogen-bond donors (Lipinski definition) is 2. The third-order valence-electron chi connectivity index (χ3n) is 6.40. The molecule has 180 valence electrons. The Morgan fingerprint density at radius 1 is 1.12 bits per heavy atom. The first-order chi connectivity index (χ1) is 16.1. The molecule has 1 atom stereocenters. The van der Waals surface area contributed by atoms with Gasteiger partial charge in [0.2, 0.25) is 11.8 Å². The fourth-order valence-corrected chi connectivity index (χ4v) is 4.50. The Morgan fingerprint density at radius 3 is 2.35 bits per heavy atom. The van der Waals surface area contributed by atoms with Crippen molar-refractivity contribution < 1.29 is 18.4 Å². The topological polar surface area (TPSA) is 93.8 Å². The summed E-state index contributed by atoms with van der Waals surface area (Å²) >= 11 is 0. The van der Waals surface area contributed by atoms with Gasteiger partial charge in [-0.05, 0) is 43.9 Å². The van der Waals surface area contributed by atoms with Crippen molar-refractivity contribution in [2.24, 2.45) is 20.0 Å². The van der Waals surface area contributed by atoms with Crippen LogP contribution in [0, 0.1) is 12.8 Å². The van der Waals surface area contributed by atoms with Crippen molar-refractivity contribution in [3.05, 3.63) is 54.2 Å². The number of anilines is 1. The van der Waals surface area contributed by atoms with Crippen LogP contribution in [-0.4, -0.2) is 43.1 Å². The number of halogens is 2. The van der Waals surface area contributed by atoms with Crippen molar-refractivity contribution in [1.29, 1.82) is 0 Å². The Balaban J connectivity index is 1.51. The summed E-state index contributed by atoms with van der Waals surface area (Å²) in [4.78, 5) is 30.3. The number of benzene rings is 1. The maximum absolute atomic E-state index is 13.7. The van der Waals surface area contributed by atoms with Crippen LogP contribution in [0.5, 0.6) is 0 Å². The number of aryl methyl sites for hydroxylation is 3. The maximum atomic E-state index is 13.7. The summed E-state index contributed by atoms with van der Waals surface area (Å²) in [6.45, 7) is 1.92. The number of aromatic nitrogens is 4. The van der Waals surface area contributed by atoms with Crippen LogP contribution in [0.2, 0.25) is 0 Å². The second-order valence-electron chi connectivity index (χ2n) is 8.84. The molecule has 0 spiro atoms. The third kappa shape index (κ3) is 5.00. The summed E-state index contributed by atoms with van der Waals surface area (Å²) in [6.07, 6.45) is 2.91. The Hall–Kier alpha value is -3.56. The van der Waals surface area contributed by atoms with Gasteiger partial charge in [-0.1, -0.05) is 12.1 Å². The number of amides is 2. The van der Waals surface area contributed by atoms with Gasteiger partial charge in [0, 0.05) is 44.4 Å².